The van der Waals surface area contributed by atoms with Crippen LogP contribution < -0.4 is 5.32 Å². The molecular formula is C16H22ClN3O2. The van der Waals surface area contributed by atoms with Gasteiger partial charge in [-0.2, -0.15) is 0 Å². The first-order chi connectivity index (χ1) is 10.3. The molecule has 1 spiro atoms. The zero-order valence-corrected chi connectivity index (χ0v) is 14.0. The van der Waals surface area contributed by atoms with Crippen molar-refractivity contribution in [3.05, 3.63) is 23.0 Å². The summed E-state index contributed by atoms with van der Waals surface area (Å²) < 4.78 is 5.45. The average molecular weight is 324 g/mol. The third kappa shape index (κ3) is 2.86. The summed E-state index contributed by atoms with van der Waals surface area (Å²) in [5.41, 5.74) is 1.67. The fourth-order valence-corrected chi connectivity index (χ4v) is 3.36. The Morgan fingerprint density at radius 2 is 2.09 bits per heavy atom. The van der Waals surface area contributed by atoms with Crippen LogP contribution in [0, 0.1) is 0 Å². The number of carbonyl (C=O) groups is 1. The number of nitrogens with one attached hydrogen (secondary N) is 1. The second-order valence-electron chi connectivity index (χ2n) is 7.15. The predicted molar refractivity (Wildman–Crippen MR) is 86.5 cm³/mol. The van der Waals surface area contributed by atoms with Crippen LogP contribution in [0.2, 0.25) is 5.02 Å². The molecule has 1 aromatic heterocycles. The van der Waals surface area contributed by atoms with Gasteiger partial charge in [-0.3, -0.25) is 4.98 Å². The number of hydrogen-bond donors (Lipinski definition) is 1. The summed E-state index contributed by atoms with van der Waals surface area (Å²) >= 11 is 6.01. The Bertz CT molecular complexity index is 590. The van der Waals surface area contributed by atoms with Crippen molar-refractivity contribution < 1.29 is 9.53 Å². The van der Waals surface area contributed by atoms with Crippen LogP contribution in [-0.2, 0) is 10.2 Å². The second kappa shape index (κ2) is 5.30. The van der Waals surface area contributed by atoms with Gasteiger partial charge in [0.05, 0.1) is 16.4 Å². The van der Waals surface area contributed by atoms with Crippen molar-refractivity contribution in [1.29, 1.82) is 0 Å². The maximum absolute atomic E-state index is 12.2. The Hall–Kier alpha value is -1.49. The Labute approximate surface area is 136 Å². The van der Waals surface area contributed by atoms with E-state index in [4.69, 9.17) is 16.3 Å². The number of pyridine rings is 1. The van der Waals surface area contributed by atoms with Crippen molar-refractivity contribution in [2.75, 3.05) is 25.0 Å². The molecule has 1 N–H and O–H groups in total. The van der Waals surface area contributed by atoms with Crippen LogP contribution >= 0.6 is 11.6 Å². The number of aromatic nitrogens is 1. The van der Waals surface area contributed by atoms with Gasteiger partial charge in [0.2, 0.25) is 0 Å². The van der Waals surface area contributed by atoms with Gasteiger partial charge in [0.1, 0.15) is 5.60 Å². The fraction of sp³-hybridized carbons (Fsp3) is 0.625. The number of piperidine rings is 1. The lowest BCUT2D eigenvalue weighted by molar-refractivity contribution is 0.0170. The molecule has 6 heteroatoms. The topological polar surface area (TPSA) is 54.5 Å². The van der Waals surface area contributed by atoms with Crippen LogP contribution in [0.15, 0.2) is 12.3 Å². The number of amides is 1. The number of rotatable bonds is 0. The van der Waals surface area contributed by atoms with E-state index in [1.165, 1.54) is 0 Å². The molecule has 1 aromatic rings. The highest BCUT2D eigenvalue weighted by Gasteiger charge is 2.44. The van der Waals surface area contributed by atoms with E-state index in [0.29, 0.717) is 18.1 Å². The number of likely N-dealkylation sites (tertiary alicyclic amines) is 1. The molecule has 0 atom stereocenters. The van der Waals surface area contributed by atoms with Crippen LogP contribution in [0.25, 0.3) is 0 Å². The lowest BCUT2D eigenvalue weighted by atomic mass is 9.77. The summed E-state index contributed by atoms with van der Waals surface area (Å²) in [6.45, 7) is 7.92. The first-order valence-corrected chi connectivity index (χ1v) is 8.05. The minimum absolute atomic E-state index is 0.0123. The summed E-state index contributed by atoms with van der Waals surface area (Å²) in [5, 5.41) is 4.05. The zero-order valence-electron chi connectivity index (χ0n) is 13.3. The van der Waals surface area contributed by atoms with Crippen molar-refractivity contribution in [3.63, 3.8) is 0 Å². The Kier molecular flexibility index (Phi) is 3.71. The highest BCUT2D eigenvalue weighted by Crippen LogP contribution is 2.43. The van der Waals surface area contributed by atoms with E-state index in [1.807, 2.05) is 26.8 Å². The summed E-state index contributed by atoms with van der Waals surface area (Å²) in [6.07, 6.45) is 3.26. The molecule has 0 saturated carbocycles. The first-order valence-electron chi connectivity index (χ1n) is 7.67. The van der Waals surface area contributed by atoms with Crippen LogP contribution in [0.4, 0.5) is 10.5 Å². The Balaban J connectivity index is 1.69. The quantitative estimate of drug-likeness (QED) is 0.794. The van der Waals surface area contributed by atoms with Crippen molar-refractivity contribution in [3.8, 4) is 0 Å². The molecule has 3 rings (SSSR count). The van der Waals surface area contributed by atoms with Crippen molar-refractivity contribution in [2.45, 2.75) is 44.6 Å². The van der Waals surface area contributed by atoms with Crippen LogP contribution in [-0.4, -0.2) is 41.2 Å². The fourth-order valence-electron chi connectivity index (χ4n) is 3.20. The van der Waals surface area contributed by atoms with E-state index >= 15 is 0 Å². The van der Waals surface area contributed by atoms with Crippen molar-refractivity contribution >= 4 is 23.4 Å². The van der Waals surface area contributed by atoms with E-state index in [-0.39, 0.29) is 11.5 Å². The SMILES string of the molecule is CC(C)(C)OC(=O)N1CCC2(CC1)CNc1cc(Cl)cnc12. The monoisotopic (exact) mass is 323 g/mol. The molecule has 1 saturated heterocycles. The summed E-state index contributed by atoms with van der Waals surface area (Å²) in [5.74, 6) is 0. The molecule has 2 aliphatic heterocycles. The molecule has 0 unspecified atom stereocenters. The number of fused-ring (bicyclic) bond motifs is 2. The molecule has 5 nitrogen and oxygen atoms in total. The van der Waals surface area contributed by atoms with Gasteiger partial charge in [0.25, 0.3) is 0 Å². The van der Waals surface area contributed by atoms with Crippen LogP contribution in [0.1, 0.15) is 39.3 Å². The van der Waals surface area contributed by atoms with Crippen LogP contribution in [0.5, 0.6) is 0 Å². The molecule has 1 amide bonds. The summed E-state index contributed by atoms with van der Waals surface area (Å²) in [4.78, 5) is 18.5. The van der Waals surface area contributed by atoms with Gasteiger partial charge in [0.15, 0.2) is 0 Å². The van der Waals surface area contributed by atoms with E-state index in [9.17, 15) is 4.79 Å². The summed E-state index contributed by atoms with van der Waals surface area (Å²) in [7, 11) is 0. The van der Waals surface area contributed by atoms with E-state index in [1.54, 1.807) is 11.1 Å². The Morgan fingerprint density at radius 3 is 2.73 bits per heavy atom. The maximum Gasteiger partial charge on any atom is 0.410 e. The van der Waals surface area contributed by atoms with Gasteiger partial charge >= 0.3 is 6.09 Å². The summed E-state index contributed by atoms with van der Waals surface area (Å²) in [6, 6.07) is 1.93. The predicted octanol–water partition coefficient (Wildman–Crippen LogP) is 3.43. The van der Waals surface area contributed by atoms with Gasteiger partial charge in [-0.05, 0) is 39.7 Å². The number of halogens is 1. The smallest absolute Gasteiger partial charge is 0.410 e. The molecule has 3 heterocycles. The normalized spacial score (nSPS) is 19.7. The number of carbonyl (C=O) groups excluding carboxylic acids is 1. The lowest BCUT2D eigenvalue weighted by Crippen LogP contribution is -2.47. The highest BCUT2D eigenvalue weighted by molar-refractivity contribution is 6.30. The van der Waals surface area contributed by atoms with E-state index in [2.05, 4.69) is 10.3 Å². The van der Waals surface area contributed by atoms with Gasteiger partial charge < -0.3 is 15.0 Å². The first kappa shape index (κ1) is 15.4. The minimum Gasteiger partial charge on any atom is -0.444 e. The molecule has 2 aliphatic rings. The van der Waals surface area contributed by atoms with Crippen LogP contribution in [0.3, 0.4) is 0 Å². The maximum atomic E-state index is 12.2. The standard InChI is InChI=1S/C16H22ClN3O2/c1-15(2,3)22-14(21)20-6-4-16(5-7-20)10-19-12-8-11(17)9-18-13(12)16/h8-9,19H,4-7,10H2,1-3H3. The molecule has 0 radical (unpaired) electrons. The number of hydrogen-bond acceptors (Lipinski definition) is 4. The number of nitrogens with zero attached hydrogens (tertiary/aromatic N) is 2. The zero-order chi connectivity index (χ0) is 16.0. The molecule has 0 bridgehead atoms. The average Bonchev–Trinajstić information content (AvgIpc) is 2.76. The third-order valence-electron chi connectivity index (χ3n) is 4.35. The molecule has 0 aliphatic carbocycles. The molecule has 22 heavy (non-hydrogen) atoms. The molecular weight excluding hydrogens is 302 g/mol. The van der Waals surface area contributed by atoms with Gasteiger partial charge in [-0.25, -0.2) is 4.79 Å². The third-order valence-corrected chi connectivity index (χ3v) is 4.55. The molecule has 1 fully saturated rings. The lowest BCUT2D eigenvalue weighted by Gasteiger charge is -2.39. The van der Waals surface area contributed by atoms with Gasteiger partial charge in [0, 0.05) is 31.2 Å². The number of ether oxygens (including phenoxy) is 1. The second-order valence-corrected chi connectivity index (χ2v) is 7.59. The largest absolute Gasteiger partial charge is 0.444 e. The van der Waals surface area contributed by atoms with E-state index < -0.39 is 5.60 Å². The molecule has 120 valence electrons. The minimum atomic E-state index is -0.452. The highest BCUT2D eigenvalue weighted by atomic mass is 35.5. The van der Waals surface area contributed by atoms with Gasteiger partial charge in [-0.15, -0.1) is 0 Å². The van der Waals surface area contributed by atoms with Crippen molar-refractivity contribution in [1.82, 2.24) is 9.88 Å². The Morgan fingerprint density at radius 1 is 1.41 bits per heavy atom. The molecule has 0 aromatic carbocycles. The van der Waals surface area contributed by atoms with E-state index in [0.717, 1.165) is 30.8 Å². The number of anilines is 1. The van der Waals surface area contributed by atoms with Gasteiger partial charge in [-0.1, -0.05) is 11.6 Å². The van der Waals surface area contributed by atoms with Crippen molar-refractivity contribution in [2.24, 2.45) is 0 Å².